The normalized spacial score (nSPS) is 47.4. The molecule has 0 bridgehead atoms. The molecule has 0 amide bonds. The van der Waals surface area contributed by atoms with E-state index in [0.29, 0.717) is 18.2 Å². The summed E-state index contributed by atoms with van der Waals surface area (Å²) < 4.78 is 38.6. The van der Waals surface area contributed by atoms with Crippen molar-refractivity contribution in [1.82, 2.24) is 0 Å². The molecule has 0 radical (unpaired) electrons. The highest BCUT2D eigenvalue weighted by molar-refractivity contribution is 8.13. The van der Waals surface area contributed by atoms with E-state index < -0.39 is 74.9 Å². The van der Waals surface area contributed by atoms with Crippen LogP contribution in [0.1, 0.15) is 53.4 Å². The highest BCUT2D eigenvalue weighted by Crippen LogP contribution is 2.72. The summed E-state index contributed by atoms with van der Waals surface area (Å²) in [4.78, 5) is 37.9. The van der Waals surface area contributed by atoms with Crippen LogP contribution in [-0.2, 0) is 19.1 Å². The number of hydrogen-bond acceptors (Lipinski definition) is 7. The molecule has 9 atom stereocenters. The molecule has 0 aliphatic heterocycles. The SMILES string of the molecule is CCC(=O)O[C@]1(C(=O)SCO)[C@H](C)CC2C3C[C@H](F)C4=CC(=O)C=C[C@]4(C)[C@@]3(F)[C@@H](O)C[C@@]21C. The second-order valence-electron chi connectivity index (χ2n) is 10.6. The van der Waals surface area contributed by atoms with Crippen molar-refractivity contribution in [2.24, 2.45) is 28.6 Å². The number of ether oxygens (including phenoxy) is 1. The zero-order valence-corrected chi connectivity index (χ0v) is 20.7. The summed E-state index contributed by atoms with van der Waals surface area (Å²) in [6.07, 6.45) is 0.393. The number of carbonyl (C=O) groups is 3. The summed E-state index contributed by atoms with van der Waals surface area (Å²) in [5.41, 5.74) is -6.64. The van der Waals surface area contributed by atoms with Crippen LogP contribution in [0.3, 0.4) is 0 Å². The molecular formula is C25H32F2O6S. The van der Waals surface area contributed by atoms with Gasteiger partial charge in [0.05, 0.1) is 12.0 Å². The first-order valence-corrected chi connectivity index (χ1v) is 12.8. The van der Waals surface area contributed by atoms with Crippen LogP contribution in [0.5, 0.6) is 0 Å². The number of carbonyl (C=O) groups excluding carboxylic acids is 3. The Hall–Kier alpha value is -1.58. The Bertz CT molecular complexity index is 982. The van der Waals surface area contributed by atoms with Gasteiger partial charge in [-0.1, -0.05) is 38.6 Å². The third-order valence-corrected chi connectivity index (χ3v) is 9.93. The van der Waals surface area contributed by atoms with Crippen LogP contribution in [0.2, 0.25) is 0 Å². The molecule has 4 aliphatic carbocycles. The molecule has 2 N–H and O–H groups in total. The molecule has 0 spiro atoms. The van der Waals surface area contributed by atoms with Crippen molar-refractivity contribution in [1.29, 1.82) is 0 Å². The summed E-state index contributed by atoms with van der Waals surface area (Å²) in [6.45, 7) is 6.57. The van der Waals surface area contributed by atoms with Crippen LogP contribution in [-0.4, -0.2) is 56.6 Å². The van der Waals surface area contributed by atoms with Crippen molar-refractivity contribution < 1.29 is 38.1 Å². The lowest BCUT2D eigenvalue weighted by Crippen LogP contribution is -2.70. The van der Waals surface area contributed by atoms with Gasteiger partial charge in [-0.15, -0.1) is 0 Å². The molecule has 6 nitrogen and oxygen atoms in total. The molecule has 0 saturated heterocycles. The second-order valence-corrected chi connectivity index (χ2v) is 11.5. The smallest absolute Gasteiger partial charge is 0.306 e. The van der Waals surface area contributed by atoms with E-state index in [0.717, 1.165) is 6.08 Å². The first-order valence-electron chi connectivity index (χ1n) is 11.8. The average Bonchev–Trinajstić information content (AvgIpc) is 2.99. The molecule has 9 heteroatoms. The Balaban J connectivity index is 1.87. The summed E-state index contributed by atoms with van der Waals surface area (Å²) >= 11 is 0.618. The first kappa shape index (κ1) is 25.5. The summed E-state index contributed by atoms with van der Waals surface area (Å²) in [6, 6.07) is 0. The third-order valence-electron chi connectivity index (χ3n) is 9.23. The van der Waals surface area contributed by atoms with Gasteiger partial charge in [-0.05, 0) is 49.8 Å². The molecule has 2 unspecified atom stereocenters. The molecular weight excluding hydrogens is 466 g/mol. The van der Waals surface area contributed by atoms with E-state index in [1.54, 1.807) is 20.8 Å². The summed E-state index contributed by atoms with van der Waals surface area (Å²) in [7, 11) is 0. The van der Waals surface area contributed by atoms with Gasteiger partial charge in [0, 0.05) is 29.1 Å². The van der Waals surface area contributed by atoms with E-state index in [2.05, 4.69) is 0 Å². The molecule has 0 aromatic rings. The molecule has 4 aliphatic rings. The number of aliphatic hydroxyl groups is 2. The van der Waals surface area contributed by atoms with Gasteiger partial charge in [0.1, 0.15) is 6.17 Å². The molecule has 0 aromatic carbocycles. The Morgan fingerprint density at radius 1 is 1.26 bits per heavy atom. The lowest BCUT2D eigenvalue weighted by atomic mass is 9.44. The van der Waals surface area contributed by atoms with Gasteiger partial charge < -0.3 is 14.9 Å². The van der Waals surface area contributed by atoms with Crippen molar-refractivity contribution in [3.05, 3.63) is 23.8 Å². The number of alkyl halides is 2. The minimum atomic E-state index is -2.28. The quantitative estimate of drug-likeness (QED) is 0.452. The molecule has 3 fully saturated rings. The van der Waals surface area contributed by atoms with Crippen LogP contribution < -0.4 is 0 Å². The molecule has 0 aromatic heterocycles. The van der Waals surface area contributed by atoms with Gasteiger partial charge in [0.2, 0.25) is 5.12 Å². The van der Waals surface area contributed by atoms with Crippen molar-refractivity contribution in [3.63, 3.8) is 0 Å². The minimum Gasteiger partial charge on any atom is -0.449 e. The Morgan fingerprint density at radius 3 is 2.56 bits per heavy atom. The van der Waals surface area contributed by atoms with Crippen molar-refractivity contribution >= 4 is 28.6 Å². The number of ketones is 1. The molecule has 0 heterocycles. The van der Waals surface area contributed by atoms with Gasteiger partial charge >= 0.3 is 5.97 Å². The maximum absolute atomic E-state index is 17.2. The minimum absolute atomic E-state index is 0.0168. The lowest BCUT2D eigenvalue weighted by molar-refractivity contribution is -0.228. The Morgan fingerprint density at radius 2 is 1.94 bits per heavy atom. The van der Waals surface area contributed by atoms with Crippen LogP contribution in [0.4, 0.5) is 8.78 Å². The van der Waals surface area contributed by atoms with Crippen molar-refractivity contribution in [3.8, 4) is 0 Å². The van der Waals surface area contributed by atoms with Gasteiger partial charge in [0.25, 0.3) is 0 Å². The molecule has 4 rings (SSSR count). The standard InChI is InChI=1S/C25H32F2O6S/c1-5-20(31)33-25(21(32)34-12-28)13(2)8-15-16-10-18(26)17-9-14(29)6-7-22(17,3)24(16,27)19(30)11-23(15,25)4/h6-7,9,13,15-16,18-19,28,30H,5,8,10-12H2,1-4H3/t13-,15?,16?,18+,19+,22+,23+,24+,25+/m1/s1. The molecule has 3 saturated carbocycles. The number of aliphatic hydroxyl groups excluding tert-OH is 2. The number of esters is 1. The first-order chi connectivity index (χ1) is 15.8. The number of hydrogen-bond donors (Lipinski definition) is 2. The molecule has 34 heavy (non-hydrogen) atoms. The zero-order valence-electron chi connectivity index (χ0n) is 19.8. The summed E-state index contributed by atoms with van der Waals surface area (Å²) in [5.74, 6) is -3.64. The number of fused-ring (bicyclic) bond motifs is 5. The van der Waals surface area contributed by atoms with Gasteiger partial charge in [0.15, 0.2) is 17.1 Å². The van der Waals surface area contributed by atoms with Crippen molar-refractivity contribution in [2.75, 3.05) is 5.94 Å². The monoisotopic (exact) mass is 498 g/mol. The fraction of sp³-hybridized carbons (Fsp3) is 0.720. The van der Waals surface area contributed by atoms with Crippen LogP contribution in [0.25, 0.3) is 0 Å². The van der Waals surface area contributed by atoms with Gasteiger partial charge in [-0.3, -0.25) is 14.4 Å². The van der Waals surface area contributed by atoms with Gasteiger partial charge in [-0.25, -0.2) is 8.78 Å². The Labute approximate surface area is 202 Å². The lowest BCUT2D eigenvalue weighted by Gasteiger charge is -2.63. The second kappa shape index (κ2) is 8.23. The predicted molar refractivity (Wildman–Crippen MR) is 122 cm³/mol. The van der Waals surface area contributed by atoms with E-state index in [1.165, 1.54) is 19.1 Å². The largest absolute Gasteiger partial charge is 0.449 e. The fourth-order valence-corrected chi connectivity index (χ4v) is 8.44. The number of halogens is 2. The van der Waals surface area contributed by atoms with E-state index in [4.69, 9.17) is 4.74 Å². The number of rotatable bonds is 4. The summed E-state index contributed by atoms with van der Waals surface area (Å²) in [5, 5.41) is 20.3. The van der Waals surface area contributed by atoms with Crippen LogP contribution in [0.15, 0.2) is 23.8 Å². The average molecular weight is 499 g/mol. The van der Waals surface area contributed by atoms with E-state index in [1.807, 2.05) is 0 Å². The predicted octanol–water partition coefficient (Wildman–Crippen LogP) is 3.45. The highest BCUT2D eigenvalue weighted by atomic mass is 32.2. The maximum Gasteiger partial charge on any atom is 0.306 e. The topological polar surface area (TPSA) is 101 Å². The third kappa shape index (κ3) is 3.02. The fourth-order valence-electron chi connectivity index (χ4n) is 7.64. The molecule has 188 valence electrons. The number of allylic oxidation sites excluding steroid dienone is 4. The van der Waals surface area contributed by atoms with Crippen LogP contribution in [0, 0.1) is 28.6 Å². The zero-order chi connectivity index (χ0) is 25.3. The van der Waals surface area contributed by atoms with E-state index >= 15 is 8.78 Å². The maximum atomic E-state index is 17.2. The van der Waals surface area contributed by atoms with Crippen LogP contribution >= 0.6 is 11.8 Å². The van der Waals surface area contributed by atoms with Crippen molar-refractivity contribution in [2.45, 2.75) is 76.9 Å². The van der Waals surface area contributed by atoms with E-state index in [9.17, 15) is 24.6 Å². The highest BCUT2D eigenvalue weighted by Gasteiger charge is 2.78. The van der Waals surface area contributed by atoms with Gasteiger partial charge in [-0.2, -0.15) is 0 Å². The number of thioether (sulfide) groups is 1. The van der Waals surface area contributed by atoms with E-state index in [-0.39, 0.29) is 24.8 Å². The Kier molecular flexibility index (Phi) is 6.18.